The molecule has 0 radical (unpaired) electrons. The number of halogens is 1. The molecule has 1 N–H and O–H groups in total. The van der Waals surface area contributed by atoms with Gasteiger partial charge in [-0.2, -0.15) is 0 Å². The van der Waals surface area contributed by atoms with Gasteiger partial charge in [0.25, 0.3) is 5.91 Å². The van der Waals surface area contributed by atoms with Crippen molar-refractivity contribution < 1.29 is 9.53 Å². The van der Waals surface area contributed by atoms with E-state index in [9.17, 15) is 4.79 Å². The molecule has 25 heavy (non-hydrogen) atoms. The summed E-state index contributed by atoms with van der Waals surface area (Å²) in [6, 6.07) is 12.3. The molecule has 0 atom stereocenters. The lowest BCUT2D eigenvalue weighted by molar-refractivity contribution is 0.102. The molecule has 0 spiro atoms. The van der Waals surface area contributed by atoms with Gasteiger partial charge in [-0.15, -0.1) is 11.8 Å². The van der Waals surface area contributed by atoms with E-state index in [1.165, 1.54) is 6.20 Å². The Bertz CT molecular complexity index is 873. The molecule has 0 saturated heterocycles. The highest BCUT2D eigenvalue weighted by Crippen LogP contribution is 2.25. The summed E-state index contributed by atoms with van der Waals surface area (Å²) in [5, 5.41) is 3.24. The van der Waals surface area contributed by atoms with Crippen LogP contribution in [-0.2, 0) is 0 Å². The second kappa shape index (κ2) is 8.00. The number of benzene rings is 2. The highest BCUT2D eigenvalue weighted by molar-refractivity contribution is 7.98. The molecule has 0 saturated carbocycles. The topological polar surface area (TPSA) is 64.1 Å². The number of carbonyl (C=O) groups excluding carboxylic acids is 1. The molecular weight excluding hydrogens is 358 g/mol. The lowest BCUT2D eigenvalue weighted by Gasteiger charge is -2.09. The number of nitrogens with zero attached hydrogens (tertiary/aromatic N) is 2. The van der Waals surface area contributed by atoms with E-state index < -0.39 is 0 Å². The van der Waals surface area contributed by atoms with E-state index >= 15 is 0 Å². The van der Waals surface area contributed by atoms with Crippen molar-refractivity contribution in [1.82, 2.24) is 9.97 Å². The molecule has 3 aromatic rings. The second-order valence-corrected chi connectivity index (χ2v) is 6.26. The molecule has 5 nitrogen and oxygen atoms in total. The zero-order chi connectivity index (χ0) is 17.6. The zero-order valence-corrected chi connectivity index (χ0v) is 14.8. The molecule has 126 valence electrons. The lowest BCUT2D eigenvalue weighted by Crippen LogP contribution is -2.12. The minimum Gasteiger partial charge on any atom is -0.438 e. The first kappa shape index (κ1) is 17.3. The minimum atomic E-state index is -0.261. The Labute approximate surface area is 154 Å². The van der Waals surface area contributed by atoms with E-state index in [0.717, 1.165) is 4.90 Å². The number of carbonyl (C=O) groups is 1. The molecule has 1 aromatic heterocycles. The monoisotopic (exact) mass is 371 g/mol. The van der Waals surface area contributed by atoms with Crippen LogP contribution in [0.15, 0.2) is 66.0 Å². The van der Waals surface area contributed by atoms with Crippen LogP contribution in [0.2, 0.25) is 5.02 Å². The van der Waals surface area contributed by atoms with Gasteiger partial charge in [0.15, 0.2) is 0 Å². The van der Waals surface area contributed by atoms with Gasteiger partial charge in [0, 0.05) is 23.0 Å². The molecule has 0 fully saturated rings. The maximum atomic E-state index is 12.4. The normalized spacial score (nSPS) is 10.3. The Hall–Kier alpha value is -2.57. The first-order valence-corrected chi connectivity index (χ1v) is 8.95. The van der Waals surface area contributed by atoms with Crippen LogP contribution < -0.4 is 10.1 Å². The van der Waals surface area contributed by atoms with Crippen molar-refractivity contribution in [2.45, 2.75) is 4.90 Å². The fraction of sp³-hybridized carbons (Fsp3) is 0.0556. The molecule has 2 aromatic carbocycles. The van der Waals surface area contributed by atoms with E-state index in [4.69, 9.17) is 16.3 Å². The van der Waals surface area contributed by atoms with Gasteiger partial charge in [-0.1, -0.05) is 11.6 Å². The number of anilines is 1. The van der Waals surface area contributed by atoms with Crippen molar-refractivity contribution in [3.8, 4) is 11.6 Å². The van der Waals surface area contributed by atoms with Crippen LogP contribution in [0.25, 0.3) is 0 Å². The quantitative estimate of drug-likeness (QED) is 0.646. The van der Waals surface area contributed by atoms with Crippen LogP contribution in [0.3, 0.4) is 0 Å². The first-order valence-electron chi connectivity index (χ1n) is 7.34. The summed E-state index contributed by atoms with van der Waals surface area (Å²) in [5.41, 5.74) is 1.08. The molecule has 0 aliphatic heterocycles. The summed E-state index contributed by atoms with van der Waals surface area (Å²) < 4.78 is 5.56. The number of nitrogens with one attached hydrogen (secondary N) is 1. The predicted molar refractivity (Wildman–Crippen MR) is 99.7 cm³/mol. The van der Waals surface area contributed by atoms with E-state index in [-0.39, 0.29) is 5.91 Å². The van der Waals surface area contributed by atoms with Gasteiger partial charge in [-0.05, 0) is 48.7 Å². The average molecular weight is 372 g/mol. The van der Waals surface area contributed by atoms with E-state index in [1.807, 2.05) is 12.3 Å². The minimum absolute atomic E-state index is 0.261. The summed E-state index contributed by atoms with van der Waals surface area (Å²) >= 11 is 7.68. The third-order valence-corrected chi connectivity index (χ3v) is 4.35. The molecule has 0 aliphatic rings. The van der Waals surface area contributed by atoms with Gasteiger partial charge >= 0.3 is 0 Å². The summed E-state index contributed by atoms with van der Waals surface area (Å²) in [7, 11) is 0. The van der Waals surface area contributed by atoms with Gasteiger partial charge in [0.2, 0.25) is 5.88 Å². The van der Waals surface area contributed by atoms with Crippen molar-refractivity contribution in [3.05, 3.63) is 71.6 Å². The van der Waals surface area contributed by atoms with Crippen molar-refractivity contribution in [2.75, 3.05) is 11.6 Å². The number of aromatic nitrogens is 2. The summed E-state index contributed by atoms with van der Waals surface area (Å²) in [6.07, 6.45) is 6.59. The van der Waals surface area contributed by atoms with Crippen molar-refractivity contribution >= 4 is 35.0 Å². The summed E-state index contributed by atoms with van der Waals surface area (Å²) in [4.78, 5) is 21.4. The van der Waals surface area contributed by atoms with Crippen molar-refractivity contribution in [1.29, 1.82) is 0 Å². The van der Waals surface area contributed by atoms with Gasteiger partial charge in [-0.3, -0.25) is 9.78 Å². The summed E-state index contributed by atoms with van der Waals surface area (Å²) in [6.45, 7) is 0. The number of hydrogen-bond acceptors (Lipinski definition) is 5. The smallest absolute Gasteiger partial charge is 0.257 e. The molecule has 1 heterocycles. The van der Waals surface area contributed by atoms with E-state index in [2.05, 4.69) is 15.3 Å². The number of hydrogen-bond donors (Lipinski definition) is 1. The number of thioether (sulfide) groups is 1. The SMILES string of the molecule is CSc1ccc(Cl)c(C(=O)Nc2ccc(Oc3cnccn3)cc2)c1. The molecule has 0 unspecified atom stereocenters. The lowest BCUT2D eigenvalue weighted by atomic mass is 10.2. The Morgan fingerprint density at radius 3 is 2.64 bits per heavy atom. The molecule has 3 rings (SSSR count). The Kier molecular flexibility index (Phi) is 5.53. The number of amides is 1. The van der Waals surface area contributed by atoms with Crippen LogP contribution in [0.5, 0.6) is 11.6 Å². The van der Waals surface area contributed by atoms with Crippen LogP contribution >= 0.6 is 23.4 Å². The summed E-state index contributed by atoms with van der Waals surface area (Å²) in [5.74, 6) is 0.740. The second-order valence-electron chi connectivity index (χ2n) is 4.97. The molecule has 0 aliphatic carbocycles. The highest BCUT2D eigenvalue weighted by Gasteiger charge is 2.11. The predicted octanol–water partition coefficient (Wildman–Crippen LogP) is 4.90. The van der Waals surface area contributed by atoms with Gasteiger partial charge < -0.3 is 10.1 Å². The Balaban J connectivity index is 1.70. The molecule has 7 heteroatoms. The Morgan fingerprint density at radius 1 is 1.16 bits per heavy atom. The van der Waals surface area contributed by atoms with Crippen LogP contribution in [0, 0.1) is 0 Å². The zero-order valence-electron chi connectivity index (χ0n) is 13.3. The Morgan fingerprint density at radius 2 is 1.96 bits per heavy atom. The maximum absolute atomic E-state index is 12.4. The maximum Gasteiger partial charge on any atom is 0.257 e. The van der Waals surface area contributed by atoms with E-state index in [1.54, 1.807) is 60.6 Å². The molecular formula is C18H14ClN3O2S. The van der Waals surface area contributed by atoms with Crippen LogP contribution in [0.4, 0.5) is 5.69 Å². The van der Waals surface area contributed by atoms with Crippen molar-refractivity contribution in [3.63, 3.8) is 0 Å². The molecule has 0 bridgehead atoms. The third-order valence-electron chi connectivity index (χ3n) is 3.29. The third kappa shape index (κ3) is 4.49. The fourth-order valence-corrected chi connectivity index (χ4v) is 2.71. The number of rotatable bonds is 5. The largest absolute Gasteiger partial charge is 0.438 e. The standard InChI is InChI=1S/C18H14ClN3O2S/c1-25-14-6-7-16(19)15(10-14)18(23)22-12-2-4-13(5-3-12)24-17-11-20-8-9-21-17/h2-11H,1H3,(H,22,23). The fourth-order valence-electron chi connectivity index (χ4n) is 2.07. The molecule has 1 amide bonds. The van der Waals surface area contributed by atoms with Gasteiger partial charge in [-0.25, -0.2) is 4.98 Å². The van der Waals surface area contributed by atoms with Crippen LogP contribution in [-0.4, -0.2) is 22.1 Å². The number of ether oxygens (including phenoxy) is 1. The first-order chi connectivity index (χ1) is 12.2. The van der Waals surface area contributed by atoms with Crippen LogP contribution in [0.1, 0.15) is 10.4 Å². The highest BCUT2D eigenvalue weighted by atomic mass is 35.5. The average Bonchev–Trinajstić information content (AvgIpc) is 2.64. The van der Waals surface area contributed by atoms with E-state index in [0.29, 0.717) is 27.9 Å². The van der Waals surface area contributed by atoms with Crippen molar-refractivity contribution in [2.24, 2.45) is 0 Å². The van der Waals surface area contributed by atoms with Gasteiger partial charge in [0.05, 0.1) is 16.8 Å². The van der Waals surface area contributed by atoms with Gasteiger partial charge in [0.1, 0.15) is 5.75 Å².